The summed E-state index contributed by atoms with van der Waals surface area (Å²) in [6, 6.07) is 0. The van der Waals surface area contributed by atoms with Gasteiger partial charge in [-0.3, -0.25) is 0 Å². The maximum atomic E-state index is 12.0. The Labute approximate surface area is 109 Å². The summed E-state index contributed by atoms with van der Waals surface area (Å²) in [7, 11) is 0. The molecule has 6 heteroatoms. The number of rotatable bonds is 4. The van der Waals surface area contributed by atoms with Crippen molar-refractivity contribution in [2.75, 3.05) is 0 Å². The van der Waals surface area contributed by atoms with Gasteiger partial charge in [0.1, 0.15) is 0 Å². The molecule has 104 valence electrons. The molecule has 0 aliphatic carbocycles. The second-order valence-electron chi connectivity index (χ2n) is 5.35. The van der Waals surface area contributed by atoms with Crippen LogP contribution in [0.1, 0.15) is 56.8 Å². The largest absolute Gasteiger partial charge is 0.389 e. The van der Waals surface area contributed by atoms with E-state index in [-0.39, 0.29) is 18.3 Å². The normalized spacial score (nSPS) is 14.8. The highest BCUT2D eigenvalue weighted by Crippen LogP contribution is 2.30. The van der Waals surface area contributed by atoms with Crippen molar-refractivity contribution in [2.45, 2.75) is 57.7 Å². The first kappa shape index (κ1) is 15.4. The van der Waals surface area contributed by atoms with E-state index in [0.29, 0.717) is 5.69 Å². The Balaban J connectivity index is 2.52. The summed E-state index contributed by atoms with van der Waals surface area (Å²) in [4.78, 5) is 4.28. The molecule has 0 aliphatic rings. The fourth-order valence-electron chi connectivity index (χ4n) is 1.43. The average Bonchev–Trinajstić information content (AvgIpc) is 2.62. The SMILES string of the molecule is CC(C)(C)c1nc(C(O)CCCC(F)(F)F)cs1. The molecule has 0 saturated heterocycles. The lowest BCUT2D eigenvalue weighted by Crippen LogP contribution is -2.11. The molecule has 2 nitrogen and oxygen atoms in total. The summed E-state index contributed by atoms with van der Waals surface area (Å²) in [6.07, 6.45) is -5.90. The minimum absolute atomic E-state index is 0.0763. The number of thiazole rings is 1. The molecule has 0 radical (unpaired) electrons. The molecule has 1 aromatic rings. The maximum absolute atomic E-state index is 12.0. The van der Waals surface area contributed by atoms with E-state index in [9.17, 15) is 18.3 Å². The molecular weight excluding hydrogens is 263 g/mol. The Kier molecular flexibility index (Phi) is 4.78. The van der Waals surface area contributed by atoms with Crippen molar-refractivity contribution < 1.29 is 18.3 Å². The summed E-state index contributed by atoms with van der Waals surface area (Å²) >= 11 is 1.43. The smallest absolute Gasteiger partial charge is 0.387 e. The van der Waals surface area contributed by atoms with Crippen LogP contribution >= 0.6 is 11.3 Å². The van der Waals surface area contributed by atoms with Crippen LogP contribution in [0, 0.1) is 0 Å². The second-order valence-corrected chi connectivity index (χ2v) is 6.21. The van der Waals surface area contributed by atoms with Crippen LogP contribution < -0.4 is 0 Å². The molecule has 18 heavy (non-hydrogen) atoms. The predicted molar refractivity (Wildman–Crippen MR) is 65.7 cm³/mol. The van der Waals surface area contributed by atoms with Crippen molar-refractivity contribution in [3.63, 3.8) is 0 Å². The number of aliphatic hydroxyl groups is 1. The van der Waals surface area contributed by atoms with E-state index in [4.69, 9.17) is 0 Å². The van der Waals surface area contributed by atoms with Gasteiger partial charge in [0.25, 0.3) is 0 Å². The Morgan fingerprint density at radius 2 is 1.94 bits per heavy atom. The van der Waals surface area contributed by atoms with Gasteiger partial charge >= 0.3 is 6.18 Å². The van der Waals surface area contributed by atoms with Gasteiger partial charge in [-0.2, -0.15) is 13.2 Å². The quantitative estimate of drug-likeness (QED) is 0.897. The molecule has 1 heterocycles. The number of alkyl halides is 3. The topological polar surface area (TPSA) is 33.1 Å². The summed E-state index contributed by atoms with van der Waals surface area (Å²) < 4.78 is 35.9. The second kappa shape index (κ2) is 5.57. The van der Waals surface area contributed by atoms with Crippen LogP contribution in [0.2, 0.25) is 0 Å². The molecule has 1 aromatic heterocycles. The first-order valence-corrected chi connectivity index (χ1v) is 6.68. The number of aliphatic hydroxyl groups excluding tert-OH is 1. The van der Waals surface area contributed by atoms with Crippen molar-refractivity contribution >= 4 is 11.3 Å². The molecule has 0 spiro atoms. The Hall–Kier alpha value is -0.620. The molecular formula is C12H18F3NOS. The molecule has 0 aromatic carbocycles. The standard InChI is InChI=1S/C12H18F3NOS/c1-11(2,3)10-16-8(7-18-10)9(17)5-4-6-12(13,14)15/h7,9,17H,4-6H2,1-3H3. The van der Waals surface area contributed by atoms with E-state index in [1.54, 1.807) is 5.38 Å². The minimum Gasteiger partial charge on any atom is -0.387 e. The van der Waals surface area contributed by atoms with Gasteiger partial charge in [-0.25, -0.2) is 4.98 Å². The zero-order valence-corrected chi connectivity index (χ0v) is 11.5. The third kappa shape index (κ3) is 4.94. The molecule has 0 bridgehead atoms. The number of nitrogens with zero attached hydrogens (tertiary/aromatic N) is 1. The van der Waals surface area contributed by atoms with Gasteiger partial charge in [0.05, 0.1) is 16.8 Å². The first-order chi connectivity index (χ1) is 8.09. The molecule has 1 rings (SSSR count). The molecule has 1 atom stereocenters. The van der Waals surface area contributed by atoms with Gasteiger partial charge in [-0.1, -0.05) is 20.8 Å². The average molecular weight is 281 g/mol. The number of aromatic nitrogens is 1. The zero-order chi connectivity index (χ0) is 14.0. The highest BCUT2D eigenvalue weighted by molar-refractivity contribution is 7.09. The summed E-state index contributed by atoms with van der Waals surface area (Å²) in [5.74, 6) is 0. The van der Waals surface area contributed by atoms with E-state index in [0.717, 1.165) is 5.01 Å². The van der Waals surface area contributed by atoms with Crippen molar-refractivity contribution in [2.24, 2.45) is 0 Å². The maximum Gasteiger partial charge on any atom is 0.389 e. The molecule has 1 N–H and O–H groups in total. The highest BCUT2D eigenvalue weighted by Gasteiger charge is 2.27. The van der Waals surface area contributed by atoms with Crippen molar-refractivity contribution in [1.82, 2.24) is 4.98 Å². The van der Waals surface area contributed by atoms with Gasteiger partial charge in [0.2, 0.25) is 0 Å². The van der Waals surface area contributed by atoms with Crippen molar-refractivity contribution in [3.05, 3.63) is 16.1 Å². The number of hydrogen-bond donors (Lipinski definition) is 1. The number of halogens is 3. The molecule has 0 saturated carbocycles. The molecule has 0 aliphatic heterocycles. The number of hydrogen-bond acceptors (Lipinski definition) is 3. The van der Waals surface area contributed by atoms with E-state index >= 15 is 0 Å². The molecule has 0 amide bonds. The highest BCUT2D eigenvalue weighted by atomic mass is 32.1. The molecule has 1 unspecified atom stereocenters. The lowest BCUT2D eigenvalue weighted by atomic mass is 9.98. The van der Waals surface area contributed by atoms with Crippen molar-refractivity contribution in [1.29, 1.82) is 0 Å². The monoisotopic (exact) mass is 281 g/mol. The van der Waals surface area contributed by atoms with Gasteiger partial charge in [0, 0.05) is 17.2 Å². The van der Waals surface area contributed by atoms with Gasteiger partial charge in [0.15, 0.2) is 0 Å². The first-order valence-electron chi connectivity index (χ1n) is 5.80. The fourth-order valence-corrected chi connectivity index (χ4v) is 2.38. The van der Waals surface area contributed by atoms with Crippen LogP contribution in [0.3, 0.4) is 0 Å². The Bertz CT molecular complexity index is 381. The van der Waals surface area contributed by atoms with Crippen LogP contribution in [0.25, 0.3) is 0 Å². The van der Waals surface area contributed by atoms with Crippen LogP contribution in [0.4, 0.5) is 13.2 Å². The third-order valence-corrected chi connectivity index (χ3v) is 3.73. The van der Waals surface area contributed by atoms with Gasteiger partial charge in [-0.15, -0.1) is 11.3 Å². The lowest BCUT2D eigenvalue weighted by Gasteiger charge is -2.14. The fraction of sp³-hybridized carbons (Fsp3) is 0.750. The van der Waals surface area contributed by atoms with Crippen LogP contribution in [0.5, 0.6) is 0 Å². The van der Waals surface area contributed by atoms with E-state index in [1.807, 2.05) is 20.8 Å². The van der Waals surface area contributed by atoms with Crippen LogP contribution in [-0.2, 0) is 5.41 Å². The van der Waals surface area contributed by atoms with Crippen LogP contribution in [0.15, 0.2) is 5.38 Å². The molecule has 0 fully saturated rings. The van der Waals surface area contributed by atoms with Crippen LogP contribution in [-0.4, -0.2) is 16.3 Å². The Morgan fingerprint density at radius 1 is 1.33 bits per heavy atom. The summed E-state index contributed by atoms with van der Waals surface area (Å²) in [5, 5.41) is 12.4. The van der Waals surface area contributed by atoms with Gasteiger partial charge in [-0.05, 0) is 12.8 Å². The zero-order valence-electron chi connectivity index (χ0n) is 10.7. The van der Waals surface area contributed by atoms with E-state index in [1.165, 1.54) is 11.3 Å². The summed E-state index contributed by atoms with van der Waals surface area (Å²) in [5.41, 5.74) is 0.376. The third-order valence-electron chi connectivity index (χ3n) is 2.44. The predicted octanol–water partition coefficient (Wildman–Crippen LogP) is 4.21. The van der Waals surface area contributed by atoms with Crippen molar-refractivity contribution in [3.8, 4) is 0 Å². The Morgan fingerprint density at radius 3 is 2.39 bits per heavy atom. The summed E-state index contributed by atoms with van der Waals surface area (Å²) in [6.45, 7) is 6.02. The van der Waals surface area contributed by atoms with Gasteiger partial charge < -0.3 is 5.11 Å². The van der Waals surface area contributed by atoms with E-state index < -0.39 is 18.7 Å². The minimum atomic E-state index is -4.15. The lowest BCUT2D eigenvalue weighted by molar-refractivity contribution is -0.136. The van der Waals surface area contributed by atoms with E-state index in [2.05, 4.69) is 4.98 Å².